The molecule has 0 bridgehead atoms. The fourth-order valence-corrected chi connectivity index (χ4v) is 10.9. The first-order chi connectivity index (χ1) is 15.2. The molecular formula is C26H19N2O2P. The maximum absolute atomic E-state index is 10.0. The molecule has 1 spiro atoms. The van der Waals surface area contributed by atoms with Crippen LogP contribution in [0.3, 0.4) is 0 Å². The van der Waals surface area contributed by atoms with Gasteiger partial charge in [0.1, 0.15) is 0 Å². The Bertz CT molecular complexity index is 1380. The van der Waals surface area contributed by atoms with Crippen LogP contribution in [-0.2, 0) is 0 Å². The molecule has 0 radical (unpaired) electrons. The van der Waals surface area contributed by atoms with E-state index in [-0.39, 0.29) is 5.92 Å². The van der Waals surface area contributed by atoms with E-state index in [0.717, 1.165) is 43.7 Å². The first-order valence-electron chi connectivity index (χ1n) is 10.4. The predicted molar refractivity (Wildman–Crippen MR) is 124 cm³/mol. The minimum atomic E-state index is -3.71. The molecule has 4 aromatic carbocycles. The van der Waals surface area contributed by atoms with Gasteiger partial charge < -0.3 is 0 Å². The van der Waals surface area contributed by atoms with E-state index < -0.39 is 7.06 Å². The number of fused-ring (bicyclic) bond motifs is 2. The third-order valence-electron chi connectivity index (χ3n) is 6.59. The number of hydrogen-bond acceptors (Lipinski definition) is 4. The van der Waals surface area contributed by atoms with Gasteiger partial charge in [0, 0.05) is 0 Å². The van der Waals surface area contributed by atoms with Crippen LogP contribution in [0.15, 0.2) is 72.8 Å². The summed E-state index contributed by atoms with van der Waals surface area (Å²) in [7, 11) is -3.71. The molecule has 2 aliphatic rings. The van der Waals surface area contributed by atoms with Gasteiger partial charge in [-0.05, 0) is 0 Å². The van der Waals surface area contributed by atoms with Crippen molar-refractivity contribution in [1.82, 2.24) is 0 Å². The molecule has 0 aliphatic carbocycles. The van der Waals surface area contributed by atoms with Crippen molar-refractivity contribution >= 4 is 39.2 Å². The molecule has 5 heteroatoms. The van der Waals surface area contributed by atoms with Crippen molar-refractivity contribution in [2.24, 2.45) is 5.92 Å². The van der Waals surface area contributed by atoms with E-state index in [0.29, 0.717) is 19.0 Å². The Morgan fingerprint density at radius 2 is 1.26 bits per heavy atom. The molecule has 0 saturated heterocycles. The third-order valence-corrected chi connectivity index (χ3v) is 11.6. The van der Waals surface area contributed by atoms with Crippen molar-refractivity contribution in [3.8, 4) is 23.6 Å². The fourth-order valence-electron chi connectivity index (χ4n) is 5.35. The molecule has 2 aliphatic heterocycles. The SMILES string of the molecule is N#CCCC(C#N)CP12(Oc3cccc4cccc1c34)Oc1cccc3cccc2c13. The van der Waals surface area contributed by atoms with E-state index in [1.807, 2.05) is 36.4 Å². The zero-order valence-electron chi connectivity index (χ0n) is 16.8. The van der Waals surface area contributed by atoms with Crippen LogP contribution in [0, 0.1) is 28.6 Å². The van der Waals surface area contributed by atoms with Gasteiger partial charge in [0.15, 0.2) is 0 Å². The minimum absolute atomic E-state index is 0.332. The van der Waals surface area contributed by atoms with Crippen LogP contribution >= 0.6 is 7.06 Å². The van der Waals surface area contributed by atoms with Gasteiger partial charge >= 0.3 is 180 Å². The van der Waals surface area contributed by atoms with Crippen LogP contribution in [-0.4, -0.2) is 6.16 Å². The zero-order chi connectivity index (χ0) is 21.1. The van der Waals surface area contributed by atoms with Gasteiger partial charge in [-0.25, -0.2) is 0 Å². The summed E-state index contributed by atoms with van der Waals surface area (Å²) >= 11 is 0. The molecular weight excluding hydrogens is 403 g/mol. The number of benzene rings is 4. The van der Waals surface area contributed by atoms with Gasteiger partial charge in [0.05, 0.1) is 0 Å². The van der Waals surface area contributed by atoms with E-state index in [1.54, 1.807) is 0 Å². The fraction of sp³-hybridized carbons (Fsp3) is 0.154. The second-order valence-corrected chi connectivity index (χ2v) is 12.2. The quantitative estimate of drug-likeness (QED) is 0.404. The van der Waals surface area contributed by atoms with Crippen LogP contribution < -0.4 is 19.7 Å². The third kappa shape index (κ3) is 2.21. The summed E-state index contributed by atoms with van der Waals surface area (Å²) in [5, 5.41) is 25.6. The summed E-state index contributed by atoms with van der Waals surface area (Å²) in [6, 6.07) is 29.3. The van der Waals surface area contributed by atoms with E-state index >= 15 is 0 Å². The molecule has 150 valence electrons. The molecule has 0 fully saturated rings. The van der Waals surface area contributed by atoms with Gasteiger partial charge in [0.25, 0.3) is 0 Å². The van der Waals surface area contributed by atoms with Crippen molar-refractivity contribution in [2.45, 2.75) is 12.8 Å². The van der Waals surface area contributed by atoms with Gasteiger partial charge in [-0.15, -0.1) is 0 Å². The van der Waals surface area contributed by atoms with Crippen molar-refractivity contribution in [3.63, 3.8) is 0 Å². The monoisotopic (exact) mass is 422 g/mol. The second kappa shape index (κ2) is 6.21. The summed E-state index contributed by atoms with van der Waals surface area (Å²) < 4.78 is 14.0. The van der Waals surface area contributed by atoms with Crippen LogP contribution in [0.4, 0.5) is 0 Å². The number of rotatable bonds is 4. The Hall–Kier alpha value is -3.59. The maximum atomic E-state index is 10.0. The zero-order valence-corrected chi connectivity index (χ0v) is 17.7. The normalized spacial score (nSPS) is 18.5. The van der Waals surface area contributed by atoms with Crippen LogP contribution in [0.2, 0.25) is 0 Å². The molecule has 31 heavy (non-hydrogen) atoms. The second-order valence-electron chi connectivity index (χ2n) is 8.28. The van der Waals surface area contributed by atoms with Crippen molar-refractivity contribution in [2.75, 3.05) is 6.16 Å². The van der Waals surface area contributed by atoms with Crippen molar-refractivity contribution in [1.29, 1.82) is 10.5 Å². The molecule has 0 aromatic heterocycles. The van der Waals surface area contributed by atoms with Crippen LogP contribution in [0.1, 0.15) is 12.8 Å². The van der Waals surface area contributed by atoms with Gasteiger partial charge in [-0.1, -0.05) is 0 Å². The Morgan fingerprint density at radius 1 is 0.742 bits per heavy atom. The molecule has 6 rings (SSSR count). The molecule has 1 atom stereocenters. The predicted octanol–water partition coefficient (Wildman–Crippen LogP) is 5.56. The Labute approximate surface area is 180 Å². The summed E-state index contributed by atoms with van der Waals surface area (Å²) in [6.45, 7) is 0. The number of nitriles is 2. The summed E-state index contributed by atoms with van der Waals surface area (Å²) in [5.41, 5.74) is 0. The average molecular weight is 422 g/mol. The number of hydrogen-bond donors (Lipinski definition) is 0. The average Bonchev–Trinajstić information content (AvgIpc) is 3.25. The summed E-state index contributed by atoms with van der Waals surface area (Å²) in [4.78, 5) is 0. The molecule has 0 amide bonds. The first-order valence-corrected chi connectivity index (χ1v) is 12.7. The molecule has 0 saturated carbocycles. The molecule has 2 heterocycles. The Kier molecular flexibility index (Phi) is 3.64. The van der Waals surface area contributed by atoms with E-state index in [2.05, 4.69) is 48.5 Å². The molecule has 1 unspecified atom stereocenters. The van der Waals surface area contributed by atoms with Gasteiger partial charge in [0.2, 0.25) is 0 Å². The number of nitrogens with zero attached hydrogens (tertiary/aromatic N) is 2. The van der Waals surface area contributed by atoms with Gasteiger partial charge in [-0.2, -0.15) is 0 Å². The topological polar surface area (TPSA) is 66.0 Å². The van der Waals surface area contributed by atoms with Gasteiger partial charge in [-0.3, -0.25) is 0 Å². The van der Waals surface area contributed by atoms with Crippen molar-refractivity contribution in [3.05, 3.63) is 72.8 Å². The van der Waals surface area contributed by atoms with E-state index in [4.69, 9.17) is 14.3 Å². The Morgan fingerprint density at radius 3 is 1.74 bits per heavy atom. The van der Waals surface area contributed by atoms with E-state index in [9.17, 15) is 5.26 Å². The van der Waals surface area contributed by atoms with Crippen LogP contribution in [0.5, 0.6) is 11.5 Å². The van der Waals surface area contributed by atoms with Crippen LogP contribution in [0.25, 0.3) is 21.5 Å². The van der Waals surface area contributed by atoms with E-state index in [1.165, 1.54) is 0 Å². The van der Waals surface area contributed by atoms with Crippen molar-refractivity contribution < 1.29 is 9.05 Å². The first kappa shape index (κ1) is 18.2. The standard InChI is InChI=1S/C26H19N2O2P/c27-15-5-6-18(16-28)17-31(23-13-3-9-19-7-1-11-21(29-31)25(19)23)24-14-4-10-20-8-2-12-22(30-31)26(20)24/h1-4,7-14,18H,5-6,17H2. The molecule has 4 aromatic rings. The summed E-state index contributed by atoms with van der Waals surface area (Å²) in [5.74, 6) is 1.27. The summed E-state index contributed by atoms with van der Waals surface area (Å²) in [6.07, 6.45) is 1.26. The molecule has 0 N–H and O–H groups in total. The Balaban J connectivity index is 1.71. The molecule has 4 nitrogen and oxygen atoms in total.